The average molecular weight is 214 g/mol. The number of amides is 1. The van der Waals surface area contributed by atoms with Gasteiger partial charge in [0.05, 0.1) is 11.5 Å². The van der Waals surface area contributed by atoms with E-state index < -0.39 is 5.60 Å². The fraction of sp³-hybridized carbons (Fsp3) is 0.909. The molecule has 1 aliphatic rings. The molecule has 1 aliphatic heterocycles. The Balaban J connectivity index is 2.36. The summed E-state index contributed by atoms with van der Waals surface area (Å²) in [6.07, 6.45) is 0.645. The lowest BCUT2D eigenvalue weighted by molar-refractivity contribution is -0.126. The van der Waals surface area contributed by atoms with Crippen molar-refractivity contribution >= 4 is 5.91 Å². The van der Waals surface area contributed by atoms with Crippen molar-refractivity contribution in [2.45, 2.75) is 32.8 Å². The van der Waals surface area contributed by atoms with E-state index in [9.17, 15) is 9.90 Å². The van der Waals surface area contributed by atoms with Gasteiger partial charge in [0, 0.05) is 13.1 Å². The third-order valence-electron chi connectivity index (χ3n) is 3.26. The Morgan fingerprint density at radius 3 is 2.73 bits per heavy atom. The van der Waals surface area contributed by atoms with Crippen molar-refractivity contribution in [3.63, 3.8) is 0 Å². The van der Waals surface area contributed by atoms with Gasteiger partial charge in [0.2, 0.25) is 5.91 Å². The molecule has 1 saturated heterocycles. The minimum absolute atomic E-state index is 0.0534. The number of rotatable bonds is 4. The van der Waals surface area contributed by atoms with Crippen molar-refractivity contribution in [2.75, 3.05) is 19.6 Å². The fourth-order valence-electron chi connectivity index (χ4n) is 1.69. The van der Waals surface area contributed by atoms with Crippen molar-refractivity contribution in [3.8, 4) is 0 Å². The first-order valence-corrected chi connectivity index (χ1v) is 5.67. The molecule has 0 bridgehead atoms. The summed E-state index contributed by atoms with van der Waals surface area (Å²) in [5, 5.41) is 15.8. The molecule has 0 aromatic carbocycles. The third kappa shape index (κ3) is 3.47. The maximum Gasteiger partial charge on any atom is 0.224 e. The van der Waals surface area contributed by atoms with Gasteiger partial charge >= 0.3 is 0 Å². The van der Waals surface area contributed by atoms with Gasteiger partial charge in [-0.25, -0.2) is 0 Å². The number of carbonyl (C=O) groups excluding carboxylic acids is 1. The van der Waals surface area contributed by atoms with Crippen LogP contribution in [0.3, 0.4) is 0 Å². The second-order valence-corrected chi connectivity index (χ2v) is 4.81. The summed E-state index contributed by atoms with van der Waals surface area (Å²) in [4.78, 5) is 11.8. The molecule has 1 amide bonds. The van der Waals surface area contributed by atoms with Crippen LogP contribution in [0.2, 0.25) is 0 Å². The minimum Gasteiger partial charge on any atom is -0.388 e. The van der Waals surface area contributed by atoms with E-state index in [1.807, 2.05) is 6.92 Å². The van der Waals surface area contributed by atoms with Gasteiger partial charge in [-0.1, -0.05) is 13.8 Å². The summed E-state index contributed by atoms with van der Waals surface area (Å²) in [7, 11) is 0. The number of nitrogens with one attached hydrogen (secondary N) is 2. The van der Waals surface area contributed by atoms with Crippen molar-refractivity contribution < 1.29 is 9.90 Å². The van der Waals surface area contributed by atoms with Crippen LogP contribution in [0.15, 0.2) is 0 Å². The smallest absolute Gasteiger partial charge is 0.224 e. The molecule has 4 heteroatoms. The van der Waals surface area contributed by atoms with Crippen LogP contribution < -0.4 is 10.6 Å². The largest absolute Gasteiger partial charge is 0.388 e. The first-order valence-electron chi connectivity index (χ1n) is 5.67. The molecular formula is C11H22N2O2. The van der Waals surface area contributed by atoms with Gasteiger partial charge in [0.1, 0.15) is 0 Å². The van der Waals surface area contributed by atoms with E-state index in [0.717, 1.165) is 13.1 Å². The molecule has 0 aromatic heterocycles. The second-order valence-electron chi connectivity index (χ2n) is 4.81. The second kappa shape index (κ2) is 4.94. The third-order valence-corrected chi connectivity index (χ3v) is 3.26. The summed E-state index contributed by atoms with van der Waals surface area (Å²) in [6.45, 7) is 7.72. The zero-order valence-corrected chi connectivity index (χ0v) is 9.84. The highest BCUT2D eigenvalue weighted by Crippen LogP contribution is 2.16. The van der Waals surface area contributed by atoms with Gasteiger partial charge < -0.3 is 15.7 Å². The standard InChI is InChI=1S/C11H22N2O2/c1-4-11(3,15)7-13-10(14)9-6-12-5-8(9)2/h8-9,12,15H,4-7H2,1-3H3,(H,13,14)/t8-,9-,11?/m1/s1. The Morgan fingerprint density at radius 1 is 1.60 bits per heavy atom. The van der Waals surface area contributed by atoms with Crippen molar-refractivity contribution in [3.05, 3.63) is 0 Å². The highest BCUT2D eigenvalue weighted by Gasteiger charge is 2.30. The molecule has 88 valence electrons. The number of hydrogen-bond donors (Lipinski definition) is 3. The summed E-state index contributed by atoms with van der Waals surface area (Å²) < 4.78 is 0. The zero-order valence-electron chi connectivity index (χ0n) is 9.84. The maximum absolute atomic E-state index is 11.8. The van der Waals surface area contributed by atoms with E-state index in [1.165, 1.54) is 0 Å². The monoisotopic (exact) mass is 214 g/mol. The Labute approximate surface area is 91.4 Å². The quantitative estimate of drug-likeness (QED) is 0.623. The summed E-state index contributed by atoms with van der Waals surface area (Å²) in [5.74, 6) is 0.496. The molecule has 1 unspecified atom stereocenters. The Hall–Kier alpha value is -0.610. The Morgan fingerprint density at radius 2 is 2.27 bits per heavy atom. The molecule has 0 spiro atoms. The highest BCUT2D eigenvalue weighted by atomic mass is 16.3. The predicted octanol–water partition coefficient (Wildman–Crippen LogP) is 0.119. The first kappa shape index (κ1) is 12.5. The van der Waals surface area contributed by atoms with Crippen LogP contribution in [0.1, 0.15) is 27.2 Å². The summed E-state index contributed by atoms with van der Waals surface area (Å²) in [6, 6.07) is 0. The first-order chi connectivity index (χ1) is 6.96. The lowest BCUT2D eigenvalue weighted by Gasteiger charge is -2.23. The number of carbonyl (C=O) groups is 1. The lowest BCUT2D eigenvalue weighted by Crippen LogP contribution is -2.43. The highest BCUT2D eigenvalue weighted by molar-refractivity contribution is 5.79. The normalized spacial score (nSPS) is 29.9. The Kier molecular flexibility index (Phi) is 4.11. The minimum atomic E-state index is -0.787. The molecular weight excluding hydrogens is 192 g/mol. The molecule has 0 aromatic rings. The molecule has 15 heavy (non-hydrogen) atoms. The molecule has 3 N–H and O–H groups in total. The molecule has 4 nitrogen and oxygen atoms in total. The van der Waals surface area contributed by atoms with E-state index in [0.29, 0.717) is 18.9 Å². The number of hydrogen-bond acceptors (Lipinski definition) is 3. The zero-order chi connectivity index (χ0) is 11.5. The fourth-order valence-corrected chi connectivity index (χ4v) is 1.69. The molecule has 0 radical (unpaired) electrons. The summed E-state index contributed by atoms with van der Waals surface area (Å²) >= 11 is 0. The van der Waals surface area contributed by atoms with Gasteiger partial charge in [-0.3, -0.25) is 4.79 Å². The van der Waals surface area contributed by atoms with Crippen LogP contribution in [0, 0.1) is 11.8 Å². The molecule has 1 heterocycles. The van der Waals surface area contributed by atoms with Crippen LogP contribution in [0.25, 0.3) is 0 Å². The number of aliphatic hydroxyl groups is 1. The van der Waals surface area contributed by atoms with E-state index in [1.54, 1.807) is 6.92 Å². The molecule has 1 rings (SSSR count). The predicted molar refractivity (Wildman–Crippen MR) is 59.4 cm³/mol. The molecule has 3 atom stereocenters. The van der Waals surface area contributed by atoms with E-state index in [2.05, 4.69) is 17.6 Å². The van der Waals surface area contributed by atoms with Crippen molar-refractivity contribution in [1.82, 2.24) is 10.6 Å². The lowest BCUT2D eigenvalue weighted by atomic mass is 9.96. The van der Waals surface area contributed by atoms with Crippen molar-refractivity contribution in [2.24, 2.45) is 11.8 Å². The van der Waals surface area contributed by atoms with E-state index >= 15 is 0 Å². The van der Waals surface area contributed by atoms with Crippen LogP contribution in [-0.4, -0.2) is 36.2 Å². The van der Waals surface area contributed by atoms with Gasteiger partial charge in [-0.15, -0.1) is 0 Å². The van der Waals surface area contributed by atoms with Crippen molar-refractivity contribution in [1.29, 1.82) is 0 Å². The van der Waals surface area contributed by atoms with Crippen LogP contribution in [0.4, 0.5) is 0 Å². The summed E-state index contributed by atoms with van der Waals surface area (Å²) in [5.41, 5.74) is -0.787. The van der Waals surface area contributed by atoms with E-state index in [4.69, 9.17) is 0 Å². The van der Waals surface area contributed by atoms with Gasteiger partial charge in [-0.2, -0.15) is 0 Å². The van der Waals surface area contributed by atoms with E-state index in [-0.39, 0.29) is 11.8 Å². The average Bonchev–Trinajstić information content (AvgIpc) is 2.61. The Bertz CT molecular complexity index is 229. The molecule has 1 fully saturated rings. The molecule has 0 aliphatic carbocycles. The van der Waals surface area contributed by atoms with Gasteiger partial charge in [0.25, 0.3) is 0 Å². The van der Waals surface area contributed by atoms with Gasteiger partial charge in [-0.05, 0) is 25.8 Å². The van der Waals surface area contributed by atoms with Gasteiger partial charge in [0.15, 0.2) is 0 Å². The van der Waals surface area contributed by atoms with Crippen LogP contribution in [0.5, 0.6) is 0 Å². The SMILES string of the molecule is CCC(C)(O)CNC(=O)[C@@H]1CNC[C@H]1C. The maximum atomic E-state index is 11.8. The topological polar surface area (TPSA) is 61.4 Å². The molecule has 0 saturated carbocycles. The van der Waals surface area contributed by atoms with Crippen LogP contribution in [-0.2, 0) is 4.79 Å². The van der Waals surface area contributed by atoms with Crippen LogP contribution >= 0.6 is 0 Å².